The van der Waals surface area contributed by atoms with Crippen LogP contribution in [0.2, 0.25) is 0 Å². The van der Waals surface area contributed by atoms with Gasteiger partial charge in [-0.15, -0.1) is 0 Å². The Morgan fingerprint density at radius 2 is 2.25 bits per heavy atom. The Bertz CT molecular complexity index is 208. The van der Waals surface area contributed by atoms with E-state index in [-0.39, 0.29) is 11.9 Å². The van der Waals surface area contributed by atoms with Crippen LogP contribution in [0.15, 0.2) is 0 Å². The molecule has 1 aliphatic rings. The predicted octanol–water partition coefficient (Wildman–Crippen LogP) is 1.34. The summed E-state index contributed by atoms with van der Waals surface area (Å²) in [7, 11) is 1.70. The Labute approximate surface area is 97.7 Å². The number of carbonyl (C=O) groups is 1. The first kappa shape index (κ1) is 13.5. The summed E-state index contributed by atoms with van der Waals surface area (Å²) in [6.07, 6.45) is 4.14. The summed E-state index contributed by atoms with van der Waals surface area (Å²) in [6, 6.07) is 0.443. The van der Waals surface area contributed by atoms with Crippen LogP contribution in [-0.2, 0) is 14.3 Å². The zero-order valence-electron chi connectivity index (χ0n) is 10.3. The maximum atomic E-state index is 11.6. The van der Waals surface area contributed by atoms with Crippen molar-refractivity contribution in [1.29, 1.82) is 0 Å². The monoisotopic (exact) mass is 229 g/mol. The maximum absolute atomic E-state index is 11.6. The van der Waals surface area contributed by atoms with Gasteiger partial charge in [0.1, 0.15) is 0 Å². The highest BCUT2D eigenvalue weighted by molar-refractivity contribution is 5.72. The molecule has 0 amide bonds. The van der Waals surface area contributed by atoms with Gasteiger partial charge in [-0.25, -0.2) is 0 Å². The van der Waals surface area contributed by atoms with Crippen LogP contribution in [0, 0.1) is 5.92 Å². The minimum absolute atomic E-state index is 0.0271. The van der Waals surface area contributed by atoms with Gasteiger partial charge in [-0.2, -0.15) is 0 Å². The number of hydrogen-bond donors (Lipinski definition) is 1. The molecule has 94 valence electrons. The van der Waals surface area contributed by atoms with E-state index < -0.39 is 0 Å². The van der Waals surface area contributed by atoms with E-state index in [1.165, 1.54) is 0 Å². The van der Waals surface area contributed by atoms with Crippen molar-refractivity contribution in [2.45, 2.75) is 38.6 Å². The van der Waals surface area contributed by atoms with E-state index in [1.54, 1.807) is 7.11 Å². The lowest BCUT2D eigenvalue weighted by Gasteiger charge is -2.28. The molecule has 0 radical (unpaired) electrons. The van der Waals surface area contributed by atoms with Gasteiger partial charge in [0.05, 0.1) is 19.1 Å². The number of ether oxygens (including phenoxy) is 2. The van der Waals surface area contributed by atoms with Crippen molar-refractivity contribution in [2.75, 3.05) is 26.9 Å². The molecule has 0 bridgehead atoms. The molecule has 0 saturated heterocycles. The van der Waals surface area contributed by atoms with E-state index in [1.807, 2.05) is 6.92 Å². The highest BCUT2D eigenvalue weighted by Gasteiger charge is 2.27. The number of esters is 1. The van der Waals surface area contributed by atoms with Crippen LogP contribution in [-0.4, -0.2) is 38.9 Å². The third-order valence-corrected chi connectivity index (χ3v) is 3.03. The van der Waals surface area contributed by atoms with Crippen LogP contribution in [0.3, 0.4) is 0 Å². The largest absolute Gasteiger partial charge is 0.466 e. The first-order valence-corrected chi connectivity index (χ1v) is 6.16. The summed E-state index contributed by atoms with van der Waals surface area (Å²) in [5.74, 6) is 0.0643. The Hall–Kier alpha value is -0.610. The van der Waals surface area contributed by atoms with Crippen LogP contribution in [0.25, 0.3) is 0 Å². The van der Waals surface area contributed by atoms with Gasteiger partial charge < -0.3 is 14.8 Å². The minimum Gasteiger partial charge on any atom is -0.466 e. The first-order chi connectivity index (χ1) is 7.77. The Balaban J connectivity index is 2.26. The lowest BCUT2D eigenvalue weighted by atomic mass is 9.86. The van der Waals surface area contributed by atoms with Crippen molar-refractivity contribution >= 4 is 5.97 Å². The molecule has 1 N–H and O–H groups in total. The Kier molecular flexibility index (Phi) is 6.42. The second-order valence-electron chi connectivity index (χ2n) is 4.26. The molecule has 2 unspecified atom stereocenters. The molecule has 1 fully saturated rings. The predicted molar refractivity (Wildman–Crippen MR) is 62.3 cm³/mol. The van der Waals surface area contributed by atoms with E-state index in [0.29, 0.717) is 12.6 Å². The third kappa shape index (κ3) is 4.49. The first-order valence-electron chi connectivity index (χ1n) is 6.16. The number of carbonyl (C=O) groups excluding carboxylic acids is 1. The summed E-state index contributed by atoms with van der Waals surface area (Å²) in [6.45, 7) is 3.92. The van der Waals surface area contributed by atoms with E-state index >= 15 is 0 Å². The van der Waals surface area contributed by atoms with Gasteiger partial charge in [0.25, 0.3) is 0 Å². The van der Waals surface area contributed by atoms with Crippen molar-refractivity contribution in [3.05, 3.63) is 0 Å². The lowest BCUT2D eigenvalue weighted by Crippen LogP contribution is -2.38. The van der Waals surface area contributed by atoms with Crippen molar-refractivity contribution in [3.63, 3.8) is 0 Å². The van der Waals surface area contributed by atoms with Gasteiger partial charge in [0.15, 0.2) is 0 Å². The molecule has 1 saturated carbocycles. The number of nitrogens with one attached hydrogen (secondary N) is 1. The molecule has 1 aliphatic carbocycles. The molecular formula is C12H23NO3. The SMILES string of the molecule is CCOC(=O)C1CCCC(NCCOC)C1. The molecule has 0 aromatic heterocycles. The Morgan fingerprint density at radius 1 is 1.44 bits per heavy atom. The van der Waals surface area contributed by atoms with Crippen LogP contribution in [0.5, 0.6) is 0 Å². The summed E-state index contributed by atoms with van der Waals surface area (Å²) < 4.78 is 10.1. The van der Waals surface area contributed by atoms with E-state index in [2.05, 4.69) is 5.32 Å². The van der Waals surface area contributed by atoms with Crippen LogP contribution >= 0.6 is 0 Å². The average molecular weight is 229 g/mol. The van der Waals surface area contributed by atoms with Crippen molar-refractivity contribution < 1.29 is 14.3 Å². The van der Waals surface area contributed by atoms with Crippen LogP contribution < -0.4 is 5.32 Å². The normalized spacial score (nSPS) is 25.4. The molecule has 0 heterocycles. The van der Waals surface area contributed by atoms with Crippen molar-refractivity contribution in [1.82, 2.24) is 5.32 Å². The molecule has 0 aromatic carbocycles. The molecular weight excluding hydrogens is 206 g/mol. The molecule has 1 rings (SSSR count). The Morgan fingerprint density at radius 3 is 2.94 bits per heavy atom. The lowest BCUT2D eigenvalue weighted by molar-refractivity contribution is -0.149. The summed E-state index contributed by atoms with van der Waals surface area (Å²) in [5, 5.41) is 3.42. The van der Waals surface area contributed by atoms with Crippen LogP contribution in [0.4, 0.5) is 0 Å². The molecule has 0 spiro atoms. The molecule has 4 heteroatoms. The van der Waals surface area contributed by atoms with Gasteiger partial charge in [0, 0.05) is 19.7 Å². The van der Waals surface area contributed by atoms with E-state index in [4.69, 9.17) is 9.47 Å². The molecule has 0 aliphatic heterocycles. The molecule has 16 heavy (non-hydrogen) atoms. The fraction of sp³-hybridized carbons (Fsp3) is 0.917. The average Bonchev–Trinajstić information content (AvgIpc) is 2.30. The number of methoxy groups -OCH3 is 1. The van der Waals surface area contributed by atoms with E-state index in [0.717, 1.165) is 38.8 Å². The second kappa shape index (κ2) is 7.63. The van der Waals surface area contributed by atoms with Gasteiger partial charge in [-0.1, -0.05) is 6.42 Å². The van der Waals surface area contributed by atoms with Crippen molar-refractivity contribution in [2.24, 2.45) is 5.92 Å². The standard InChI is InChI=1S/C12H23NO3/c1-3-16-12(14)10-5-4-6-11(9-10)13-7-8-15-2/h10-11,13H,3-9H2,1-2H3. The topological polar surface area (TPSA) is 47.6 Å². The zero-order valence-corrected chi connectivity index (χ0v) is 10.3. The van der Waals surface area contributed by atoms with Gasteiger partial charge in [0.2, 0.25) is 0 Å². The fourth-order valence-electron chi connectivity index (χ4n) is 2.21. The molecule has 4 nitrogen and oxygen atoms in total. The summed E-state index contributed by atoms with van der Waals surface area (Å²) in [5.41, 5.74) is 0. The smallest absolute Gasteiger partial charge is 0.308 e. The molecule has 2 atom stereocenters. The van der Waals surface area contributed by atoms with E-state index in [9.17, 15) is 4.79 Å². The second-order valence-corrected chi connectivity index (χ2v) is 4.26. The fourth-order valence-corrected chi connectivity index (χ4v) is 2.21. The van der Waals surface area contributed by atoms with Gasteiger partial charge >= 0.3 is 5.97 Å². The number of rotatable bonds is 6. The van der Waals surface area contributed by atoms with Gasteiger partial charge in [-0.3, -0.25) is 4.79 Å². The maximum Gasteiger partial charge on any atom is 0.308 e. The minimum atomic E-state index is -0.0271. The zero-order chi connectivity index (χ0) is 11.8. The highest BCUT2D eigenvalue weighted by atomic mass is 16.5. The van der Waals surface area contributed by atoms with Gasteiger partial charge in [-0.05, 0) is 26.2 Å². The number of hydrogen-bond acceptors (Lipinski definition) is 4. The summed E-state index contributed by atoms with van der Waals surface area (Å²) >= 11 is 0. The van der Waals surface area contributed by atoms with Crippen LogP contribution in [0.1, 0.15) is 32.6 Å². The third-order valence-electron chi connectivity index (χ3n) is 3.03. The summed E-state index contributed by atoms with van der Waals surface area (Å²) in [4.78, 5) is 11.6. The highest BCUT2D eigenvalue weighted by Crippen LogP contribution is 2.25. The van der Waals surface area contributed by atoms with Crippen molar-refractivity contribution in [3.8, 4) is 0 Å². The quantitative estimate of drug-likeness (QED) is 0.551. The molecule has 0 aromatic rings.